The third kappa shape index (κ3) is 16.8. The van der Waals surface area contributed by atoms with Crippen LogP contribution in [0.15, 0.2) is 60.9 Å². The van der Waals surface area contributed by atoms with Crippen LogP contribution < -0.4 is 5.32 Å². The molecular formula is C54H86ClF3N8O. The van der Waals surface area contributed by atoms with E-state index in [1.807, 2.05) is 29.9 Å². The van der Waals surface area contributed by atoms with E-state index in [1.165, 1.54) is 16.7 Å². The second-order valence-corrected chi connectivity index (χ2v) is 23.3. The summed E-state index contributed by atoms with van der Waals surface area (Å²) in [4.78, 5) is 9.81. The second-order valence-electron chi connectivity index (χ2n) is 22.9. The lowest BCUT2D eigenvalue weighted by atomic mass is 9.72. The highest BCUT2D eigenvalue weighted by Gasteiger charge is 2.49. The molecule has 1 unspecified atom stereocenters. The molecule has 0 amide bonds. The number of benzene rings is 2. The zero-order chi connectivity index (χ0) is 49.9. The van der Waals surface area contributed by atoms with Gasteiger partial charge in [0.1, 0.15) is 5.54 Å². The third-order valence-corrected chi connectivity index (χ3v) is 15.0. The number of halogens is 4. The van der Waals surface area contributed by atoms with Gasteiger partial charge >= 0.3 is 6.18 Å². The number of nitriles is 1. The van der Waals surface area contributed by atoms with Gasteiger partial charge in [0.25, 0.3) is 0 Å². The van der Waals surface area contributed by atoms with Gasteiger partial charge in [0, 0.05) is 66.0 Å². The Kier molecular flexibility index (Phi) is 20.0. The Labute approximate surface area is 408 Å². The first kappa shape index (κ1) is 56.6. The quantitative estimate of drug-likeness (QED) is 0.171. The summed E-state index contributed by atoms with van der Waals surface area (Å²) in [6, 6.07) is 19.1. The fourth-order valence-electron chi connectivity index (χ4n) is 9.19. The summed E-state index contributed by atoms with van der Waals surface area (Å²) in [5, 5.41) is 17.0. The van der Waals surface area contributed by atoms with Crippen LogP contribution in [-0.4, -0.2) is 138 Å². The molecule has 0 saturated carbocycles. The van der Waals surface area contributed by atoms with Crippen molar-refractivity contribution in [2.24, 2.45) is 0 Å². The Morgan fingerprint density at radius 2 is 1.42 bits per heavy atom. The van der Waals surface area contributed by atoms with Crippen molar-refractivity contribution in [2.75, 3.05) is 85.7 Å². The number of aromatic nitrogens is 2. The average molecular weight is 956 g/mol. The van der Waals surface area contributed by atoms with E-state index < -0.39 is 12.7 Å². The number of nitrogens with one attached hydrogen (secondary N) is 1. The van der Waals surface area contributed by atoms with E-state index in [1.54, 1.807) is 0 Å². The van der Waals surface area contributed by atoms with Crippen molar-refractivity contribution in [1.82, 2.24) is 34.7 Å². The van der Waals surface area contributed by atoms with Gasteiger partial charge in [-0.1, -0.05) is 67.4 Å². The van der Waals surface area contributed by atoms with Gasteiger partial charge in [-0.25, -0.2) is 0 Å². The number of piperidine rings is 1. The predicted molar refractivity (Wildman–Crippen MR) is 271 cm³/mol. The van der Waals surface area contributed by atoms with Crippen LogP contribution in [0.4, 0.5) is 13.2 Å². The smallest absolute Gasteiger partial charge is 0.379 e. The molecule has 6 rings (SSSR count). The van der Waals surface area contributed by atoms with Crippen molar-refractivity contribution >= 4 is 11.6 Å². The minimum atomic E-state index is -4.17. The van der Waals surface area contributed by atoms with Gasteiger partial charge in [0.15, 0.2) is 0 Å². The number of aryl methyl sites for hydroxylation is 2. The number of hydrogen-bond acceptors (Lipinski definition) is 8. The minimum absolute atomic E-state index is 0.0961. The van der Waals surface area contributed by atoms with Gasteiger partial charge in [0.2, 0.25) is 0 Å². The number of morpholine rings is 1. The standard InChI is InChI=1S/C21H35ClN2O.C19H29F3N2.C14H22N4/c1-20(2,3)23(5)12-10-21(4,18-6-8-19(22)9-7-18)11-13-24-14-16-25-17-15-24;1-15-5-7-16(8-6-15)18(13-23-14-19(20,21)22)9-11-24(12-10-18)17(2,3)4;1-5-12-8-16-18(9-12)14(6-7-15)10-17(11-14)13(2,3)4/h6-9H,10-17H2,1-5H3;5-8,23H,9-14H2,1-4H3;8-9H,5-6,10-11H2,1-4H3. The number of hydrogen-bond donors (Lipinski definition) is 1. The van der Waals surface area contributed by atoms with Gasteiger partial charge in [-0.3, -0.25) is 19.4 Å². The van der Waals surface area contributed by atoms with E-state index >= 15 is 0 Å². The lowest BCUT2D eigenvalue weighted by Gasteiger charge is -2.54. The predicted octanol–water partition coefficient (Wildman–Crippen LogP) is 10.9. The van der Waals surface area contributed by atoms with Crippen LogP contribution in [-0.2, 0) is 27.5 Å². The van der Waals surface area contributed by atoms with E-state index in [9.17, 15) is 13.2 Å². The molecule has 0 radical (unpaired) electrons. The summed E-state index contributed by atoms with van der Waals surface area (Å²) >= 11 is 6.12. The Balaban J connectivity index is 0.000000222. The molecule has 1 atom stereocenters. The van der Waals surface area contributed by atoms with Gasteiger partial charge < -0.3 is 15.0 Å². The van der Waals surface area contributed by atoms with Crippen LogP contribution in [0.3, 0.4) is 0 Å². The zero-order valence-electron chi connectivity index (χ0n) is 43.6. The normalized spacial score (nSPS) is 19.3. The number of ether oxygens (including phenoxy) is 1. The van der Waals surface area contributed by atoms with Crippen LogP contribution in [0.1, 0.15) is 131 Å². The average Bonchev–Trinajstić information content (AvgIpc) is 3.73. The molecule has 1 aromatic heterocycles. The largest absolute Gasteiger partial charge is 0.401 e. The number of rotatable bonds is 14. The molecule has 3 aliphatic rings. The first-order chi connectivity index (χ1) is 31.1. The van der Waals surface area contributed by atoms with Gasteiger partial charge in [-0.2, -0.15) is 23.5 Å². The maximum atomic E-state index is 12.5. The first-order valence-corrected chi connectivity index (χ1v) is 25.0. The maximum Gasteiger partial charge on any atom is 0.401 e. The summed E-state index contributed by atoms with van der Waals surface area (Å²) in [6.45, 7) is 35.7. The molecule has 67 heavy (non-hydrogen) atoms. The summed E-state index contributed by atoms with van der Waals surface area (Å²) in [6.07, 6.45) is 5.42. The second kappa shape index (κ2) is 23.7. The molecule has 0 spiro atoms. The summed E-state index contributed by atoms with van der Waals surface area (Å²) in [5.41, 5.74) is 5.23. The molecule has 0 bridgehead atoms. The molecule has 3 aliphatic heterocycles. The number of alkyl halides is 3. The van der Waals surface area contributed by atoms with Gasteiger partial charge in [-0.05, 0) is 169 Å². The fraction of sp³-hybridized carbons (Fsp3) is 0.704. The molecule has 3 saturated heterocycles. The van der Waals surface area contributed by atoms with Crippen molar-refractivity contribution < 1.29 is 17.9 Å². The van der Waals surface area contributed by atoms with Gasteiger partial charge in [0.05, 0.1) is 38.4 Å². The molecule has 376 valence electrons. The summed E-state index contributed by atoms with van der Waals surface area (Å²) in [7, 11) is 2.23. The topological polar surface area (TPSA) is 75.8 Å². The SMILES string of the molecule is CCc1cnn(C2(CC#N)CN(C(C)(C)C)C2)c1.CN(CCC(C)(CCN1CCOCC1)c1ccc(Cl)cc1)C(C)(C)C.Cc1ccc(C2(CNCC(F)(F)F)CCN(C(C)(C)C)CC2)cc1. The van der Waals surface area contributed by atoms with Crippen LogP contribution in [0.25, 0.3) is 0 Å². The van der Waals surface area contributed by atoms with Gasteiger partial charge in [-0.15, -0.1) is 0 Å². The highest BCUT2D eigenvalue weighted by molar-refractivity contribution is 6.30. The molecule has 3 aromatic rings. The van der Waals surface area contributed by atoms with Crippen LogP contribution in [0.2, 0.25) is 5.02 Å². The lowest BCUT2D eigenvalue weighted by molar-refractivity contribution is -0.125. The van der Waals surface area contributed by atoms with E-state index in [2.05, 4.69) is 162 Å². The molecule has 3 fully saturated rings. The van der Waals surface area contributed by atoms with E-state index in [0.717, 1.165) is 108 Å². The van der Waals surface area contributed by atoms with Crippen molar-refractivity contribution in [1.29, 1.82) is 5.26 Å². The molecule has 13 heteroatoms. The zero-order valence-corrected chi connectivity index (χ0v) is 44.3. The van der Waals surface area contributed by atoms with Crippen LogP contribution in [0.5, 0.6) is 0 Å². The molecule has 2 aromatic carbocycles. The Morgan fingerprint density at radius 3 is 1.91 bits per heavy atom. The molecule has 4 heterocycles. The van der Waals surface area contributed by atoms with Crippen molar-refractivity contribution in [2.45, 2.75) is 161 Å². The Hall–Kier alpha value is -3.02. The van der Waals surface area contributed by atoms with E-state index in [-0.39, 0.29) is 33.0 Å². The fourth-order valence-corrected chi connectivity index (χ4v) is 9.32. The van der Waals surface area contributed by atoms with Crippen LogP contribution >= 0.6 is 11.6 Å². The molecule has 1 N–H and O–H groups in total. The van der Waals surface area contributed by atoms with Crippen molar-refractivity contribution in [3.8, 4) is 6.07 Å². The monoisotopic (exact) mass is 955 g/mol. The highest BCUT2D eigenvalue weighted by Crippen LogP contribution is 2.39. The Bertz CT molecular complexity index is 1950. The third-order valence-electron chi connectivity index (χ3n) is 14.7. The maximum absolute atomic E-state index is 12.5. The van der Waals surface area contributed by atoms with Crippen molar-refractivity contribution in [3.05, 3.63) is 88.2 Å². The molecular weight excluding hydrogens is 869 g/mol. The number of likely N-dealkylation sites (tertiary alicyclic amines) is 2. The van der Waals surface area contributed by atoms with E-state index in [0.29, 0.717) is 13.0 Å². The van der Waals surface area contributed by atoms with E-state index in [4.69, 9.17) is 21.6 Å². The molecule has 9 nitrogen and oxygen atoms in total. The summed E-state index contributed by atoms with van der Waals surface area (Å²) < 4.78 is 45.1. The van der Waals surface area contributed by atoms with Crippen molar-refractivity contribution in [3.63, 3.8) is 0 Å². The van der Waals surface area contributed by atoms with Crippen LogP contribution in [0, 0.1) is 18.3 Å². The number of nitrogens with zero attached hydrogens (tertiary/aromatic N) is 7. The Morgan fingerprint density at radius 1 is 0.836 bits per heavy atom. The summed E-state index contributed by atoms with van der Waals surface area (Å²) in [5.74, 6) is 0. The molecule has 0 aliphatic carbocycles. The lowest BCUT2D eigenvalue weighted by Crippen LogP contribution is -2.67. The first-order valence-electron chi connectivity index (χ1n) is 24.7. The minimum Gasteiger partial charge on any atom is -0.379 e. The highest BCUT2D eigenvalue weighted by atomic mass is 35.5.